The van der Waals surface area contributed by atoms with Crippen molar-refractivity contribution in [1.82, 2.24) is 19.8 Å². The second kappa shape index (κ2) is 9.95. The van der Waals surface area contributed by atoms with E-state index in [2.05, 4.69) is 21.8 Å². The highest BCUT2D eigenvalue weighted by molar-refractivity contribution is 5.93. The number of esters is 1. The molecule has 33 heavy (non-hydrogen) atoms. The standard InChI is InChI=1S/C25H39N5O3/c1-18-7-5-11-29(17-18)20-9-13-28(14-10-20)22(31)19-15-26-24(27-16-19)30-12-6-8-21(30)23(32)33-25(2,3)4/h15-16,18,20-21H,5-14,17H2,1-4H3/t18-,21-/m1/s1. The Kier molecular flexibility index (Phi) is 7.22. The Bertz CT molecular complexity index is 829. The molecular weight excluding hydrogens is 418 g/mol. The smallest absolute Gasteiger partial charge is 0.329 e. The van der Waals surface area contributed by atoms with E-state index in [0.29, 0.717) is 24.1 Å². The average molecular weight is 458 g/mol. The number of anilines is 1. The number of ether oxygens (including phenoxy) is 1. The van der Waals surface area contributed by atoms with Gasteiger partial charge in [-0.2, -0.15) is 0 Å². The quantitative estimate of drug-likeness (QED) is 0.643. The van der Waals surface area contributed by atoms with Crippen LogP contribution in [0.3, 0.4) is 0 Å². The average Bonchev–Trinajstić information content (AvgIpc) is 3.28. The number of rotatable bonds is 4. The topological polar surface area (TPSA) is 78.9 Å². The minimum absolute atomic E-state index is 0.00266. The van der Waals surface area contributed by atoms with E-state index in [9.17, 15) is 9.59 Å². The van der Waals surface area contributed by atoms with Crippen molar-refractivity contribution in [1.29, 1.82) is 0 Å². The molecule has 8 nitrogen and oxygen atoms in total. The van der Waals surface area contributed by atoms with Gasteiger partial charge >= 0.3 is 5.97 Å². The molecule has 0 aliphatic carbocycles. The molecule has 1 aromatic heterocycles. The van der Waals surface area contributed by atoms with Gasteiger partial charge in [-0.1, -0.05) is 6.92 Å². The molecule has 0 saturated carbocycles. The third-order valence-corrected chi connectivity index (χ3v) is 7.03. The van der Waals surface area contributed by atoms with E-state index in [1.165, 1.54) is 25.9 Å². The summed E-state index contributed by atoms with van der Waals surface area (Å²) in [5.41, 5.74) is -0.0147. The number of hydrogen-bond acceptors (Lipinski definition) is 7. The molecular formula is C25H39N5O3. The summed E-state index contributed by atoms with van der Waals surface area (Å²) in [5, 5.41) is 0. The van der Waals surface area contributed by atoms with Crippen LogP contribution in [0, 0.1) is 5.92 Å². The largest absolute Gasteiger partial charge is 0.458 e. The van der Waals surface area contributed by atoms with Crippen molar-refractivity contribution in [3.05, 3.63) is 18.0 Å². The van der Waals surface area contributed by atoms with Crippen LogP contribution < -0.4 is 4.90 Å². The first-order valence-electron chi connectivity index (χ1n) is 12.6. The number of carbonyl (C=O) groups excluding carboxylic acids is 2. The summed E-state index contributed by atoms with van der Waals surface area (Å²) in [6.45, 7) is 12.6. The van der Waals surface area contributed by atoms with E-state index < -0.39 is 5.60 Å². The lowest BCUT2D eigenvalue weighted by Crippen LogP contribution is -2.49. The van der Waals surface area contributed by atoms with Crippen LogP contribution >= 0.6 is 0 Å². The number of carbonyl (C=O) groups is 2. The number of likely N-dealkylation sites (tertiary alicyclic amines) is 2. The Hall–Kier alpha value is -2.22. The van der Waals surface area contributed by atoms with Gasteiger partial charge in [0.05, 0.1) is 5.56 Å². The van der Waals surface area contributed by atoms with Crippen LogP contribution in [0.4, 0.5) is 5.95 Å². The van der Waals surface area contributed by atoms with Gasteiger partial charge in [0, 0.05) is 44.6 Å². The molecule has 3 aliphatic heterocycles. The molecule has 8 heteroatoms. The highest BCUT2D eigenvalue weighted by atomic mass is 16.6. The zero-order valence-electron chi connectivity index (χ0n) is 20.6. The Labute approximate surface area is 197 Å². The third kappa shape index (κ3) is 5.83. The van der Waals surface area contributed by atoms with E-state index in [0.717, 1.165) is 44.7 Å². The summed E-state index contributed by atoms with van der Waals surface area (Å²) in [6.07, 6.45) is 9.50. The molecule has 0 spiro atoms. The summed E-state index contributed by atoms with van der Waals surface area (Å²) in [7, 11) is 0. The fourth-order valence-electron chi connectivity index (χ4n) is 5.37. The van der Waals surface area contributed by atoms with Gasteiger partial charge in [-0.05, 0) is 71.8 Å². The maximum absolute atomic E-state index is 13.0. The number of piperidine rings is 2. The van der Waals surface area contributed by atoms with Gasteiger partial charge in [0.15, 0.2) is 0 Å². The second-order valence-electron chi connectivity index (χ2n) is 10.9. The predicted molar refractivity (Wildman–Crippen MR) is 127 cm³/mol. The van der Waals surface area contributed by atoms with E-state index in [1.54, 1.807) is 12.4 Å². The lowest BCUT2D eigenvalue weighted by molar-refractivity contribution is -0.156. The molecule has 1 aromatic rings. The van der Waals surface area contributed by atoms with E-state index in [-0.39, 0.29) is 17.9 Å². The van der Waals surface area contributed by atoms with Crippen LogP contribution in [0.2, 0.25) is 0 Å². The molecule has 2 atom stereocenters. The normalized spacial score (nSPS) is 25.3. The van der Waals surface area contributed by atoms with Crippen LogP contribution in [0.1, 0.15) is 76.6 Å². The zero-order chi connectivity index (χ0) is 23.6. The van der Waals surface area contributed by atoms with Crippen molar-refractivity contribution >= 4 is 17.8 Å². The Morgan fingerprint density at radius 3 is 2.27 bits per heavy atom. The monoisotopic (exact) mass is 457 g/mol. The summed E-state index contributed by atoms with van der Waals surface area (Å²) in [6, 6.07) is 0.220. The van der Waals surface area contributed by atoms with Crippen LogP contribution in [-0.2, 0) is 9.53 Å². The SMILES string of the molecule is C[C@@H]1CCCN(C2CCN(C(=O)c3cnc(N4CCC[C@@H]4C(=O)OC(C)(C)C)nc3)CC2)C1. The number of amides is 1. The molecule has 0 N–H and O–H groups in total. The van der Waals surface area contributed by atoms with E-state index in [4.69, 9.17) is 4.74 Å². The van der Waals surface area contributed by atoms with Crippen LogP contribution in [0.25, 0.3) is 0 Å². The van der Waals surface area contributed by atoms with Crippen molar-refractivity contribution in [2.24, 2.45) is 5.92 Å². The molecule has 0 bridgehead atoms. The number of nitrogens with zero attached hydrogens (tertiary/aromatic N) is 5. The summed E-state index contributed by atoms with van der Waals surface area (Å²) < 4.78 is 5.57. The molecule has 0 unspecified atom stereocenters. The molecule has 0 radical (unpaired) electrons. The Morgan fingerprint density at radius 2 is 1.64 bits per heavy atom. The number of aromatic nitrogens is 2. The van der Waals surface area contributed by atoms with Crippen LogP contribution in [0.15, 0.2) is 12.4 Å². The summed E-state index contributed by atoms with van der Waals surface area (Å²) >= 11 is 0. The fraction of sp³-hybridized carbons (Fsp3) is 0.760. The lowest BCUT2D eigenvalue weighted by atomic mass is 9.95. The number of hydrogen-bond donors (Lipinski definition) is 0. The molecule has 4 rings (SSSR count). The van der Waals surface area contributed by atoms with Crippen molar-refractivity contribution < 1.29 is 14.3 Å². The van der Waals surface area contributed by atoms with Gasteiger partial charge in [-0.3, -0.25) is 9.69 Å². The molecule has 182 valence electrons. The van der Waals surface area contributed by atoms with Gasteiger partial charge in [-0.15, -0.1) is 0 Å². The minimum Gasteiger partial charge on any atom is -0.458 e. The van der Waals surface area contributed by atoms with Gasteiger partial charge in [0.2, 0.25) is 5.95 Å². The maximum atomic E-state index is 13.0. The summed E-state index contributed by atoms with van der Waals surface area (Å²) in [5.74, 6) is 1.02. The van der Waals surface area contributed by atoms with Crippen molar-refractivity contribution in [2.45, 2.75) is 83.9 Å². The van der Waals surface area contributed by atoms with Gasteiger partial charge in [0.25, 0.3) is 5.91 Å². The molecule has 0 aromatic carbocycles. The van der Waals surface area contributed by atoms with Crippen molar-refractivity contribution in [2.75, 3.05) is 37.6 Å². The lowest BCUT2D eigenvalue weighted by Gasteiger charge is -2.41. The van der Waals surface area contributed by atoms with Crippen LogP contribution in [0.5, 0.6) is 0 Å². The van der Waals surface area contributed by atoms with Gasteiger partial charge in [-0.25, -0.2) is 14.8 Å². The maximum Gasteiger partial charge on any atom is 0.329 e. The summed E-state index contributed by atoms with van der Waals surface area (Å²) in [4.78, 5) is 41.0. The molecule has 4 heterocycles. The highest BCUT2D eigenvalue weighted by Gasteiger charge is 2.36. The second-order valence-corrected chi connectivity index (χ2v) is 10.9. The van der Waals surface area contributed by atoms with Gasteiger partial charge in [0.1, 0.15) is 11.6 Å². The highest BCUT2D eigenvalue weighted by Crippen LogP contribution is 2.26. The van der Waals surface area contributed by atoms with Crippen molar-refractivity contribution in [3.8, 4) is 0 Å². The molecule has 3 aliphatic rings. The first-order valence-corrected chi connectivity index (χ1v) is 12.6. The predicted octanol–water partition coefficient (Wildman–Crippen LogP) is 3.12. The minimum atomic E-state index is -0.526. The van der Waals surface area contributed by atoms with Gasteiger partial charge < -0.3 is 14.5 Å². The Morgan fingerprint density at radius 1 is 0.970 bits per heavy atom. The first-order chi connectivity index (χ1) is 15.7. The van der Waals surface area contributed by atoms with Crippen LogP contribution in [-0.4, -0.2) is 82.1 Å². The van der Waals surface area contributed by atoms with Crippen molar-refractivity contribution in [3.63, 3.8) is 0 Å². The molecule has 1 amide bonds. The third-order valence-electron chi connectivity index (χ3n) is 7.03. The molecule has 3 saturated heterocycles. The zero-order valence-corrected chi connectivity index (χ0v) is 20.6. The fourth-order valence-corrected chi connectivity index (χ4v) is 5.37. The van der Waals surface area contributed by atoms with E-state index >= 15 is 0 Å². The first kappa shape index (κ1) is 23.9. The molecule has 3 fully saturated rings. The Balaban J connectivity index is 1.33. The van der Waals surface area contributed by atoms with E-state index in [1.807, 2.05) is 30.6 Å².